The van der Waals surface area contributed by atoms with E-state index >= 15 is 0 Å². The first-order valence-corrected chi connectivity index (χ1v) is 11.3. The zero-order valence-corrected chi connectivity index (χ0v) is 19.0. The number of likely N-dealkylation sites (tertiary alicyclic amines) is 1. The third kappa shape index (κ3) is 4.71. The number of ketones is 1. The summed E-state index contributed by atoms with van der Waals surface area (Å²) >= 11 is 5.99. The molecule has 2 aliphatic rings. The molecule has 168 valence electrons. The van der Waals surface area contributed by atoms with Gasteiger partial charge in [0.05, 0.1) is 6.10 Å². The van der Waals surface area contributed by atoms with Gasteiger partial charge in [0.15, 0.2) is 5.78 Å². The van der Waals surface area contributed by atoms with E-state index in [1.54, 1.807) is 29.2 Å². The maximum Gasteiger partial charge on any atom is 0.251 e. The number of halogens is 1. The highest BCUT2D eigenvalue weighted by Gasteiger charge is 2.48. The number of nitrogens with one attached hydrogen (secondary N) is 1. The van der Waals surface area contributed by atoms with E-state index in [-0.39, 0.29) is 30.3 Å². The number of nitrogens with zero attached hydrogens (tertiary/aromatic N) is 1. The molecular formula is C25H27ClN2O4. The van der Waals surface area contributed by atoms with Crippen LogP contribution in [0, 0.1) is 0 Å². The molecule has 0 radical (unpaired) electrons. The van der Waals surface area contributed by atoms with E-state index in [9.17, 15) is 14.4 Å². The van der Waals surface area contributed by atoms with Crippen molar-refractivity contribution in [1.82, 2.24) is 10.2 Å². The second-order valence-corrected chi connectivity index (χ2v) is 9.15. The van der Waals surface area contributed by atoms with Crippen LogP contribution >= 0.6 is 11.6 Å². The average Bonchev–Trinajstić information content (AvgIpc) is 3.37. The molecular weight excluding hydrogens is 428 g/mol. The number of Topliss-reactive ketones (excluding diaryl/α,β-unsaturated/α-hetero) is 1. The van der Waals surface area contributed by atoms with Crippen molar-refractivity contribution < 1.29 is 19.1 Å². The van der Waals surface area contributed by atoms with Gasteiger partial charge in [-0.1, -0.05) is 49.7 Å². The van der Waals surface area contributed by atoms with Crippen LogP contribution in [0.4, 0.5) is 0 Å². The molecule has 3 atom stereocenters. The number of carbonyl (C=O) groups is 3. The normalized spacial score (nSPS) is 21.0. The van der Waals surface area contributed by atoms with Gasteiger partial charge in [-0.2, -0.15) is 0 Å². The summed E-state index contributed by atoms with van der Waals surface area (Å²) in [6.45, 7) is 4.66. The Morgan fingerprint density at radius 1 is 1.12 bits per heavy atom. The molecule has 2 aromatic carbocycles. The summed E-state index contributed by atoms with van der Waals surface area (Å²) < 4.78 is 5.52. The van der Waals surface area contributed by atoms with Crippen molar-refractivity contribution in [3.63, 3.8) is 0 Å². The molecule has 6 nitrogen and oxygen atoms in total. The summed E-state index contributed by atoms with van der Waals surface area (Å²) in [6.07, 6.45) is 0.678. The minimum absolute atomic E-state index is 0.0372. The van der Waals surface area contributed by atoms with Crippen molar-refractivity contribution in [3.8, 4) is 0 Å². The van der Waals surface area contributed by atoms with Crippen LogP contribution in [0.5, 0.6) is 0 Å². The van der Waals surface area contributed by atoms with Gasteiger partial charge < -0.3 is 15.0 Å². The van der Waals surface area contributed by atoms with Gasteiger partial charge in [0.25, 0.3) is 5.91 Å². The molecule has 0 bridgehead atoms. The topological polar surface area (TPSA) is 75.7 Å². The number of benzene rings is 2. The molecule has 2 aliphatic heterocycles. The van der Waals surface area contributed by atoms with E-state index in [2.05, 4.69) is 19.2 Å². The molecule has 2 saturated heterocycles. The highest BCUT2D eigenvalue weighted by atomic mass is 35.5. The van der Waals surface area contributed by atoms with Crippen molar-refractivity contribution in [2.45, 2.75) is 50.8 Å². The van der Waals surface area contributed by atoms with Gasteiger partial charge in [-0.15, -0.1) is 0 Å². The average molecular weight is 455 g/mol. The van der Waals surface area contributed by atoms with Crippen LogP contribution < -0.4 is 5.32 Å². The quantitative estimate of drug-likeness (QED) is 0.726. The van der Waals surface area contributed by atoms with E-state index in [4.69, 9.17) is 16.3 Å². The summed E-state index contributed by atoms with van der Waals surface area (Å²) in [4.78, 5) is 40.4. The maximum absolute atomic E-state index is 13.5. The fourth-order valence-electron chi connectivity index (χ4n) is 4.36. The van der Waals surface area contributed by atoms with Crippen LogP contribution in [0.1, 0.15) is 47.7 Å². The number of rotatable bonds is 6. The molecule has 0 aromatic heterocycles. The van der Waals surface area contributed by atoms with Crippen LogP contribution in [-0.4, -0.2) is 53.8 Å². The molecule has 1 N–H and O–H groups in total. The van der Waals surface area contributed by atoms with E-state index < -0.39 is 12.1 Å². The van der Waals surface area contributed by atoms with Crippen LogP contribution in [0.15, 0.2) is 48.5 Å². The van der Waals surface area contributed by atoms with Gasteiger partial charge >= 0.3 is 0 Å². The molecule has 3 unspecified atom stereocenters. The third-order valence-electron chi connectivity index (χ3n) is 6.19. The Morgan fingerprint density at radius 2 is 1.81 bits per heavy atom. The molecule has 2 aromatic rings. The molecule has 0 spiro atoms. The second kappa shape index (κ2) is 9.43. The molecule has 4 rings (SSSR count). The Kier molecular flexibility index (Phi) is 6.63. The number of fused-ring (bicyclic) bond motifs is 1. The summed E-state index contributed by atoms with van der Waals surface area (Å²) in [5.74, 6) is -0.307. The van der Waals surface area contributed by atoms with Crippen molar-refractivity contribution in [2.75, 3.05) is 13.2 Å². The first-order chi connectivity index (χ1) is 15.3. The standard InChI is InChI=1S/C25H27ClN2O4/c1-15(2)17-5-7-18(8-6-17)24(30)27-20(13-16-3-9-19(26)10-4-16)25(31)28-12-11-22-23(28)21(29)14-32-22/h3-10,15,20,22-23H,11-14H2,1-2H3,(H,27,30). The predicted molar refractivity (Wildman–Crippen MR) is 122 cm³/mol. The Bertz CT molecular complexity index is 1000. The van der Waals surface area contributed by atoms with Crippen LogP contribution in [0.3, 0.4) is 0 Å². The lowest BCUT2D eigenvalue weighted by Gasteiger charge is -2.27. The van der Waals surface area contributed by atoms with Crippen LogP contribution in [0.25, 0.3) is 0 Å². The number of ether oxygens (including phenoxy) is 1. The Balaban J connectivity index is 1.55. The van der Waals surface area contributed by atoms with Crippen molar-refractivity contribution >= 4 is 29.2 Å². The minimum Gasteiger partial charge on any atom is -0.368 e. The monoisotopic (exact) mass is 454 g/mol. The van der Waals surface area contributed by atoms with Crippen molar-refractivity contribution in [3.05, 3.63) is 70.2 Å². The SMILES string of the molecule is CC(C)c1ccc(C(=O)NC(Cc2ccc(Cl)cc2)C(=O)N2CCC3OCC(=O)C32)cc1. The first-order valence-electron chi connectivity index (χ1n) is 10.9. The number of amides is 2. The van der Waals surface area contributed by atoms with Gasteiger partial charge in [0.1, 0.15) is 18.7 Å². The number of carbonyl (C=O) groups excluding carboxylic acids is 3. The molecule has 0 saturated carbocycles. The third-order valence-corrected chi connectivity index (χ3v) is 6.44. The van der Waals surface area contributed by atoms with Gasteiger partial charge in [0, 0.05) is 23.6 Å². The Labute approximate surface area is 192 Å². The Morgan fingerprint density at radius 3 is 2.47 bits per heavy atom. The zero-order valence-electron chi connectivity index (χ0n) is 18.2. The summed E-state index contributed by atoms with van der Waals surface area (Å²) in [5.41, 5.74) is 2.49. The fraction of sp³-hybridized carbons (Fsp3) is 0.400. The van der Waals surface area contributed by atoms with Crippen LogP contribution in [-0.2, 0) is 20.7 Å². The lowest BCUT2D eigenvalue weighted by Crippen LogP contribution is -2.53. The lowest BCUT2D eigenvalue weighted by molar-refractivity contribution is -0.138. The number of hydrogen-bond donors (Lipinski definition) is 1. The van der Waals surface area contributed by atoms with Crippen molar-refractivity contribution in [1.29, 1.82) is 0 Å². The van der Waals surface area contributed by atoms with Crippen LogP contribution in [0.2, 0.25) is 5.02 Å². The predicted octanol–water partition coefficient (Wildman–Crippen LogP) is 3.37. The first kappa shape index (κ1) is 22.5. The van der Waals surface area contributed by atoms with Gasteiger partial charge in [-0.05, 0) is 47.7 Å². The minimum atomic E-state index is -0.805. The summed E-state index contributed by atoms with van der Waals surface area (Å²) in [6, 6.07) is 13.2. The van der Waals surface area contributed by atoms with E-state index in [1.807, 2.05) is 24.3 Å². The molecule has 7 heteroatoms. The highest BCUT2D eigenvalue weighted by molar-refractivity contribution is 6.30. The van der Waals surface area contributed by atoms with E-state index in [0.717, 1.165) is 11.1 Å². The molecule has 2 fully saturated rings. The largest absolute Gasteiger partial charge is 0.368 e. The fourth-order valence-corrected chi connectivity index (χ4v) is 4.48. The molecule has 2 heterocycles. The zero-order chi connectivity index (χ0) is 22.8. The molecule has 0 aliphatic carbocycles. The lowest BCUT2D eigenvalue weighted by atomic mass is 10.0. The van der Waals surface area contributed by atoms with E-state index in [1.165, 1.54) is 0 Å². The molecule has 2 amide bonds. The summed E-state index contributed by atoms with van der Waals surface area (Å²) in [5, 5.41) is 3.50. The second-order valence-electron chi connectivity index (χ2n) is 8.71. The van der Waals surface area contributed by atoms with Crippen molar-refractivity contribution in [2.24, 2.45) is 0 Å². The van der Waals surface area contributed by atoms with Gasteiger partial charge in [-0.25, -0.2) is 0 Å². The number of hydrogen-bond acceptors (Lipinski definition) is 4. The maximum atomic E-state index is 13.5. The van der Waals surface area contributed by atoms with Gasteiger partial charge in [0.2, 0.25) is 5.91 Å². The van der Waals surface area contributed by atoms with E-state index in [0.29, 0.717) is 35.9 Å². The smallest absolute Gasteiger partial charge is 0.251 e. The molecule has 32 heavy (non-hydrogen) atoms. The Hall–Kier alpha value is -2.70. The highest BCUT2D eigenvalue weighted by Crippen LogP contribution is 2.28. The van der Waals surface area contributed by atoms with Gasteiger partial charge in [-0.3, -0.25) is 14.4 Å². The summed E-state index contributed by atoms with van der Waals surface area (Å²) in [7, 11) is 0.